The molecule has 0 aliphatic rings. The maximum atomic E-state index is 10.6. The molecule has 1 aromatic carbocycles. The van der Waals surface area contributed by atoms with Crippen molar-refractivity contribution in [3.63, 3.8) is 0 Å². The Labute approximate surface area is 95.1 Å². The van der Waals surface area contributed by atoms with Gasteiger partial charge in [-0.15, -0.1) is 0 Å². The van der Waals surface area contributed by atoms with E-state index in [0.29, 0.717) is 5.56 Å². The molecule has 0 spiro atoms. The molecule has 6 nitrogen and oxygen atoms in total. The zero-order valence-corrected chi connectivity index (χ0v) is 8.45. The maximum absolute atomic E-state index is 10.6. The second-order valence-corrected chi connectivity index (χ2v) is 3.23. The lowest BCUT2D eigenvalue weighted by Crippen LogP contribution is -1.96. The highest BCUT2D eigenvalue weighted by atomic mass is 16.4. The second kappa shape index (κ2) is 4.09. The summed E-state index contributed by atoms with van der Waals surface area (Å²) in [5.74, 6) is -2.07. The molecule has 0 unspecified atom stereocenters. The van der Waals surface area contributed by atoms with E-state index in [9.17, 15) is 9.59 Å². The number of rotatable bonds is 3. The van der Waals surface area contributed by atoms with E-state index in [1.807, 2.05) is 0 Å². The summed E-state index contributed by atoms with van der Waals surface area (Å²) in [5, 5.41) is 17.4. The van der Waals surface area contributed by atoms with Crippen molar-refractivity contribution >= 4 is 11.9 Å². The van der Waals surface area contributed by atoms with Gasteiger partial charge in [-0.3, -0.25) is 0 Å². The average Bonchev–Trinajstić information content (AvgIpc) is 2.78. The first-order valence-corrected chi connectivity index (χ1v) is 4.60. The fraction of sp³-hybridized carbons (Fsp3) is 0. The molecule has 2 rings (SSSR count). The third-order valence-corrected chi connectivity index (χ3v) is 2.10. The first-order valence-electron chi connectivity index (χ1n) is 4.60. The first kappa shape index (κ1) is 10.9. The molecule has 6 heteroatoms. The van der Waals surface area contributed by atoms with Crippen LogP contribution in [0.2, 0.25) is 0 Å². The lowest BCUT2D eigenvalue weighted by Gasteiger charge is -1.96. The van der Waals surface area contributed by atoms with Crippen LogP contribution >= 0.6 is 0 Å². The summed E-state index contributed by atoms with van der Waals surface area (Å²) >= 11 is 0. The predicted octanol–water partition coefficient (Wildman–Crippen LogP) is 1.74. The van der Waals surface area contributed by atoms with Gasteiger partial charge in [0.05, 0.1) is 5.56 Å². The zero-order chi connectivity index (χ0) is 12.4. The van der Waals surface area contributed by atoms with Gasteiger partial charge >= 0.3 is 11.9 Å². The standard InChI is InChI=1S/C11H7NO5/c13-10(14)7-3-1-6(2-4-7)9-12-8(5-17-9)11(15)16/h1-5H,(H,13,14)(H,15,16). The quantitative estimate of drug-likeness (QED) is 0.837. The van der Waals surface area contributed by atoms with Crippen molar-refractivity contribution in [2.75, 3.05) is 0 Å². The van der Waals surface area contributed by atoms with Crippen LogP contribution in [0.25, 0.3) is 11.5 Å². The maximum Gasteiger partial charge on any atom is 0.357 e. The Morgan fingerprint density at radius 2 is 1.71 bits per heavy atom. The van der Waals surface area contributed by atoms with E-state index in [2.05, 4.69) is 4.98 Å². The third kappa shape index (κ3) is 2.15. The number of hydrogen-bond donors (Lipinski definition) is 2. The Kier molecular flexibility index (Phi) is 2.61. The Morgan fingerprint density at radius 1 is 1.06 bits per heavy atom. The first-order chi connectivity index (χ1) is 8.08. The molecule has 86 valence electrons. The molecule has 2 N–H and O–H groups in total. The van der Waals surface area contributed by atoms with E-state index in [1.165, 1.54) is 24.3 Å². The van der Waals surface area contributed by atoms with Gasteiger partial charge in [0.1, 0.15) is 6.26 Å². The summed E-state index contributed by atoms with van der Waals surface area (Å²) < 4.78 is 4.97. The number of nitrogens with zero attached hydrogens (tertiary/aromatic N) is 1. The van der Waals surface area contributed by atoms with Crippen molar-refractivity contribution in [3.8, 4) is 11.5 Å². The summed E-state index contributed by atoms with van der Waals surface area (Å²) in [5.41, 5.74) is 0.462. The highest BCUT2D eigenvalue weighted by Crippen LogP contribution is 2.19. The number of carboxylic acids is 2. The van der Waals surface area contributed by atoms with Gasteiger partial charge < -0.3 is 14.6 Å². The van der Waals surface area contributed by atoms with Crippen LogP contribution in [0.3, 0.4) is 0 Å². The molecule has 1 heterocycles. The monoisotopic (exact) mass is 233 g/mol. The van der Waals surface area contributed by atoms with Gasteiger partial charge in [-0.25, -0.2) is 14.6 Å². The molecule has 1 aromatic heterocycles. The Morgan fingerprint density at radius 3 is 2.18 bits per heavy atom. The van der Waals surface area contributed by atoms with E-state index in [-0.39, 0.29) is 17.1 Å². The molecule has 0 saturated heterocycles. The summed E-state index contributed by atoms with van der Waals surface area (Å²) in [7, 11) is 0. The highest BCUT2D eigenvalue weighted by molar-refractivity contribution is 5.88. The van der Waals surface area contributed by atoms with Crippen LogP contribution in [0.5, 0.6) is 0 Å². The smallest absolute Gasteiger partial charge is 0.357 e. The van der Waals surface area contributed by atoms with Crippen molar-refractivity contribution in [1.29, 1.82) is 0 Å². The van der Waals surface area contributed by atoms with Gasteiger partial charge in [0.2, 0.25) is 5.89 Å². The minimum atomic E-state index is -1.18. The second-order valence-electron chi connectivity index (χ2n) is 3.23. The van der Waals surface area contributed by atoms with E-state index in [0.717, 1.165) is 6.26 Å². The lowest BCUT2D eigenvalue weighted by atomic mass is 10.1. The summed E-state index contributed by atoms with van der Waals surface area (Å²) in [6, 6.07) is 5.78. The number of benzene rings is 1. The molecule has 0 saturated carbocycles. The number of aromatic carboxylic acids is 2. The van der Waals surface area contributed by atoms with Gasteiger partial charge in [0.15, 0.2) is 5.69 Å². The van der Waals surface area contributed by atoms with Crippen molar-refractivity contribution < 1.29 is 24.2 Å². The molecule has 0 aliphatic heterocycles. The zero-order valence-electron chi connectivity index (χ0n) is 8.45. The molecule has 17 heavy (non-hydrogen) atoms. The molecule has 0 fully saturated rings. The molecule has 0 radical (unpaired) electrons. The molecule has 0 amide bonds. The Bertz CT molecular complexity index is 570. The van der Waals surface area contributed by atoms with Crippen LogP contribution in [-0.2, 0) is 0 Å². The van der Waals surface area contributed by atoms with E-state index in [4.69, 9.17) is 14.6 Å². The van der Waals surface area contributed by atoms with Crippen molar-refractivity contribution in [3.05, 3.63) is 41.8 Å². The van der Waals surface area contributed by atoms with Crippen LogP contribution in [0.15, 0.2) is 34.9 Å². The molecule has 0 bridgehead atoms. The number of aromatic nitrogens is 1. The minimum Gasteiger partial charge on any atom is -0.478 e. The number of oxazole rings is 1. The summed E-state index contributed by atoms with van der Waals surface area (Å²) in [4.78, 5) is 25.0. The van der Waals surface area contributed by atoms with Gasteiger partial charge in [0.25, 0.3) is 0 Å². The largest absolute Gasteiger partial charge is 0.478 e. The molecular formula is C11H7NO5. The SMILES string of the molecule is O=C(O)c1ccc(-c2nc(C(=O)O)co2)cc1. The van der Waals surface area contributed by atoms with Gasteiger partial charge in [-0.05, 0) is 24.3 Å². The third-order valence-electron chi connectivity index (χ3n) is 2.10. The van der Waals surface area contributed by atoms with Gasteiger partial charge in [0, 0.05) is 5.56 Å². The van der Waals surface area contributed by atoms with Crippen LogP contribution in [0.4, 0.5) is 0 Å². The number of carboxylic acid groups (broad SMARTS) is 2. The number of hydrogen-bond acceptors (Lipinski definition) is 4. The fourth-order valence-corrected chi connectivity index (χ4v) is 1.26. The van der Waals surface area contributed by atoms with E-state index < -0.39 is 11.9 Å². The summed E-state index contributed by atoms with van der Waals surface area (Å²) in [6.07, 6.45) is 1.03. The Hall–Kier alpha value is -2.63. The number of carbonyl (C=O) groups is 2. The summed E-state index contributed by atoms with van der Waals surface area (Å²) in [6.45, 7) is 0. The molecule has 2 aromatic rings. The lowest BCUT2D eigenvalue weighted by molar-refractivity contribution is 0.0682. The van der Waals surface area contributed by atoms with Crippen LogP contribution in [-0.4, -0.2) is 27.1 Å². The normalized spacial score (nSPS) is 10.1. The van der Waals surface area contributed by atoms with Crippen molar-refractivity contribution in [2.24, 2.45) is 0 Å². The predicted molar refractivity (Wildman–Crippen MR) is 55.9 cm³/mol. The van der Waals surface area contributed by atoms with Crippen LogP contribution in [0.1, 0.15) is 20.8 Å². The fourth-order valence-electron chi connectivity index (χ4n) is 1.26. The molecule has 0 aliphatic carbocycles. The van der Waals surface area contributed by atoms with E-state index in [1.54, 1.807) is 0 Å². The van der Waals surface area contributed by atoms with Crippen molar-refractivity contribution in [2.45, 2.75) is 0 Å². The minimum absolute atomic E-state index is 0.138. The topological polar surface area (TPSA) is 101 Å². The Balaban J connectivity index is 2.33. The van der Waals surface area contributed by atoms with Crippen molar-refractivity contribution in [1.82, 2.24) is 4.98 Å². The van der Waals surface area contributed by atoms with E-state index >= 15 is 0 Å². The molecule has 0 atom stereocenters. The van der Waals surface area contributed by atoms with Gasteiger partial charge in [-0.2, -0.15) is 0 Å². The molecular weight excluding hydrogens is 226 g/mol. The average molecular weight is 233 g/mol. The van der Waals surface area contributed by atoms with Crippen LogP contribution in [0, 0.1) is 0 Å². The van der Waals surface area contributed by atoms with Crippen LogP contribution < -0.4 is 0 Å². The highest BCUT2D eigenvalue weighted by Gasteiger charge is 2.12. The van der Waals surface area contributed by atoms with Gasteiger partial charge in [-0.1, -0.05) is 0 Å².